The third kappa shape index (κ3) is 20.7. The molecule has 6 nitrogen and oxygen atoms in total. The highest BCUT2D eigenvalue weighted by Crippen LogP contribution is 2.34. The Labute approximate surface area is 633 Å². The van der Waals surface area contributed by atoms with Crippen LogP contribution < -0.4 is 0 Å². The molecular weight excluding hydrogens is 1320 g/mol. The molecule has 7 aromatic heterocycles. The van der Waals surface area contributed by atoms with Crippen molar-refractivity contribution in [3.05, 3.63) is 348 Å². The first-order valence-electron chi connectivity index (χ1n) is 37.5. The SMILES string of the molecule is C1=C(c2ccccc2)Cc2ccccc21.CC1=Cc2c(ccn2C)C1.CC1=Cc2c(ccn2C)CC1.CC1=Cc2ccccc2C1.CC1=Cc2ccccc2CC1.CC1=Cc2occc2C1.CC1=Cc2occc2CC1.CC1=Cc2ocnc2CC1.CC1=Cc2sccc2C1.CC1=Cc2sccc2CC1. The molecule has 105 heavy (non-hydrogen) atoms. The number of rotatable bonds is 1. The van der Waals surface area contributed by atoms with E-state index >= 15 is 0 Å². The van der Waals surface area contributed by atoms with E-state index in [9.17, 15) is 0 Å². The molecule has 0 bridgehead atoms. The molecule has 0 aliphatic heterocycles. The summed E-state index contributed by atoms with van der Waals surface area (Å²) in [6.45, 7) is 19.5. The average Bonchev–Trinajstić information content (AvgIpc) is 1.74. The molecule has 0 amide bonds. The van der Waals surface area contributed by atoms with E-state index in [1.165, 1.54) is 207 Å². The zero-order valence-electron chi connectivity index (χ0n) is 63.6. The number of aromatic nitrogens is 3. The molecule has 21 rings (SSSR count). The lowest BCUT2D eigenvalue weighted by Crippen LogP contribution is -1.98. The normalized spacial score (nSPS) is 15.4. The Kier molecular flexibility index (Phi) is 25.7. The van der Waals surface area contributed by atoms with Crippen molar-refractivity contribution in [3.8, 4) is 0 Å². The number of hydrogen-bond acceptors (Lipinski definition) is 6. The van der Waals surface area contributed by atoms with E-state index < -0.39 is 0 Å². The number of thiophene rings is 2. The van der Waals surface area contributed by atoms with Crippen LogP contribution in [0.4, 0.5) is 0 Å². The van der Waals surface area contributed by atoms with Crippen LogP contribution in [0.25, 0.3) is 66.3 Å². The summed E-state index contributed by atoms with van der Waals surface area (Å²) in [4.78, 5) is 7.02. The molecule has 536 valence electrons. The predicted octanol–water partition coefficient (Wildman–Crippen LogP) is 26.5. The van der Waals surface area contributed by atoms with Crippen LogP contribution in [0.5, 0.6) is 0 Å². The fourth-order valence-corrected chi connectivity index (χ4v) is 16.4. The molecule has 4 aromatic carbocycles. The van der Waals surface area contributed by atoms with Crippen LogP contribution in [-0.2, 0) is 78.3 Å². The van der Waals surface area contributed by atoms with Gasteiger partial charge in [0.25, 0.3) is 0 Å². The molecule has 10 aliphatic carbocycles. The van der Waals surface area contributed by atoms with E-state index in [0.29, 0.717) is 0 Å². The average molecular weight is 1420 g/mol. The number of nitrogens with zero attached hydrogens (tertiary/aromatic N) is 3. The minimum atomic E-state index is 0.948. The van der Waals surface area contributed by atoms with Gasteiger partial charge in [-0.3, -0.25) is 0 Å². The van der Waals surface area contributed by atoms with Crippen LogP contribution in [0.3, 0.4) is 0 Å². The van der Waals surface area contributed by atoms with Crippen molar-refractivity contribution in [1.29, 1.82) is 0 Å². The van der Waals surface area contributed by atoms with Crippen molar-refractivity contribution < 1.29 is 13.3 Å². The Hall–Kier alpha value is -9.99. The highest BCUT2D eigenvalue weighted by atomic mass is 32.1. The van der Waals surface area contributed by atoms with E-state index in [4.69, 9.17) is 13.3 Å². The molecule has 0 fully saturated rings. The van der Waals surface area contributed by atoms with E-state index in [0.717, 1.165) is 67.9 Å². The molecule has 10 aliphatic rings. The van der Waals surface area contributed by atoms with E-state index in [-0.39, 0.29) is 0 Å². The summed E-state index contributed by atoms with van der Waals surface area (Å²) in [7, 11) is 4.20. The Morgan fingerprint density at radius 1 is 0.305 bits per heavy atom. The molecule has 0 spiro atoms. The Balaban J connectivity index is 0.000000110. The fourth-order valence-electron chi connectivity index (χ4n) is 14.5. The topological polar surface area (TPSA) is 62.2 Å². The maximum Gasteiger partial charge on any atom is 0.181 e. The number of benzene rings is 4. The van der Waals surface area contributed by atoms with E-state index in [2.05, 4.69) is 308 Å². The highest BCUT2D eigenvalue weighted by molar-refractivity contribution is 7.11. The third-order valence-electron chi connectivity index (χ3n) is 20.5. The first-order chi connectivity index (χ1) is 51.0. The zero-order valence-corrected chi connectivity index (χ0v) is 65.2. The highest BCUT2D eigenvalue weighted by Gasteiger charge is 2.17. The summed E-state index contributed by atoms with van der Waals surface area (Å²) in [5.41, 5.74) is 37.1. The maximum absolute atomic E-state index is 5.25. The summed E-state index contributed by atoms with van der Waals surface area (Å²) >= 11 is 3.69. The Bertz CT molecular complexity index is 4920. The van der Waals surface area contributed by atoms with Gasteiger partial charge in [0, 0.05) is 53.2 Å². The van der Waals surface area contributed by atoms with Crippen molar-refractivity contribution in [1.82, 2.24) is 14.1 Å². The van der Waals surface area contributed by atoms with Gasteiger partial charge in [-0.15, -0.1) is 22.7 Å². The second kappa shape index (κ2) is 36.1. The quantitative estimate of drug-likeness (QED) is 0.164. The second-order valence-electron chi connectivity index (χ2n) is 29.5. The first-order valence-corrected chi connectivity index (χ1v) is 39.3. The monoisotopic (exact) mass is 1420 g/mol. The van der Waals surface area contributed by atoms with Crippen LogP contribution in [0, 0.1) is 0 Å². The second-order valence-corrected chi connectivity index (χ2v) is 31.4. The molecule has 0 N–H and O–H groups in total. The van der Waals surface area contributed by atoms with Crippen molar-refractivity contribution >= 4 is 89.0 Å². The van der Waals surface area contributed by atoms with Gasteiger partial charge in [-0.05, 0) is 321 Å². The van der Waals surface area contributed by atoms with Gasteiger partial charge in [0.15, 0.2) is 6.39 Å². The summed E-state index contributed by atoms with van der Waals surface area (Å²) in [5.74, 6) is 3.06. The number of allylic oxidation sites excluding steroid dienone is 10. The zero-order chi connectivity index (χ0) is 73.2. The fraction of sp³-hybridized carbons (Fsp3) is 0.268. The van der Waals surface area contributed by atoms with Gasteiger partial charge in [0.2, 0.25) is 0 Å². The van der Waals surface area contributed by atoms with Crippen molar-refractivity contribution in [3.63, 3.8) is 0 Å². The van der Waals surface area contributed by atoms with Gasteiger partial charge in [0.05, 0.1) is 18.2 Å². The number of aryl methyl sites for hydroxylation is 7. The van der Waals surface area contributed by atoms with E-state index in [1.807, 2.05) is 28.7 Å². The predicted molar refractivity (Wildman–Crippen MR) is 450 cm³/mol. The first kappa shape index (κ1) is 74.7. The summed E-state index contributed by atoms with van der Waals surface area (Å²) in [6, 6.07) is 49.4. The number of fused-ring (bicyclic) bond motifs is 10. The van der Waals surface area contributed by atoms with Gasteiger partial charge >= 0.3 is 0 Å². The third-order valence-corrected chi connectivity index (χ3v) is 22.3. The molecule has 0 saturated heterocycles. The number of oxazole rings is 1. The van der Waals surface area contributed by atoms with Crippen LogP contribution >= 0.6 is 22.7 Å². The summed E-state index contributed by atoms with van der Waals surface area (Å²) < 4.78 is 19.9. The van der Waals surface area contributed by atoms with Gasteiger partial charge < -0.3 is 22.4 Å². The molecule has 0 radical (unpaired) electrons. The lowest BCUT2D eigenvalue weighted by molar-refractivity contribution is 0.544. The molecule has 7 heterocycles. The summed E-state index contributed by atoms with van der Waals surface area (Å²) in [5, 5.41) is 4.34. The minimum absolute atomic E-state index is 0.948. The van der Waals surface area contributed by atoms with Crippen LogP contribution in [0.2, 0.25) is 0 Å². The Morgan fingerprint density at radius 3 is 1.40 bits per heavy atom. The molecule has 11 aromatic rings. The molecule has 0 unspecified atom stereocenters. The van der Waals surface area contributed by atoms with Gasteiger partial charge in [-0.2, -0.15) is 0 Å². The van der Waals surface area contributed by atoms with Crippen LogP contribution in [0.15, 0.2) is 245 Å². The van der Waals surface area contributed by atoms with Crippen molar-refractivity contribution in [2.24, 2.45) is 14.1 Å². The largest absolute Gasteiger partial charge is 0.465 e. The molecule has 0 saturated carbocycles. The smallest absolute Gasteiger partial charge is 0.181 e. The standard InChI is InChI=1S/C15H12.C11H12.C10H13N.C10H10.C9H11N.C9H10O.C9H10S.C8H9NO.C8H8O.C8H8S/c1-2-6-12(7-3-1)15-10-13-8-4-5-9-14(13)11-15;1-9-6-7-10-4-2-3-5-11(10)8-9;1-8-3-4-9-5-6-11(2)10(9)7-8;1-8-6-9-4-2-3-5-10(9)7-8;1-7-5-8-3-4-10(2)9(8)6-7;2*1-7-2-3-8-4-5-10-9(8)6-7;1-6-2-3-7-8(4-6)10-5-9-7;2*1-6-4-7-2-3-9-8(7)5-6/h1-10H,11H2;2-5,8H,6-7H2,1H3;5-7H,3-4H2,1-2H3;2-6H,7H2,1H3;3-4,6H,5H2,1-2H3;2*4-6H,2-3H2,1H3;4-5H,2-3H2,1H3;2*2-3,5H,4H2,1H3. The van der Waals surface area contributed by atoms with Crippen molar-refractivity contribution in [2.45, 2.75) is 159 Å². The molecule has 0 atom stereocenters. The van der Waals surface area contributed by atoms with Gasteiger partial charge in [0.1, 0.15) is 17.3 Å². The number of furan rings is 2. The van der Waals surface area contributed by atoms with Crippen molar-refractivity contribution in [2.75, 3.05) is 0 Å². The van der Waals surface area contributed by atoms with E-state index in [1.54, 1.807) is 12.5 Å². The van der Waals surface area contributed by atoms with Crippen LogP contribution in [0.1, 0.15) is 211 Å². The minimum Gasteiger partial charge on any atom is -0.465 e. The number of hydrogen-bond donors (Lipinski definition) is 0. The van der Waals surface area contributed by atoms with Crippen LogP contribution in [-0.4, -0.2) is 14.1 Å². The molecule has 8 heteroatoms. The molecular formula is C97H103N3O3S2. The van der Waals surface area contributed by atoms with Gasteiger partial charge in [-0.25, -0.2) is 4.98 Å². The Morgan fingerprint density at radius 2 is 0.733 bits per heavy atom. The lowest BCUT2D eigenvalue weighted by atomic mass is 9.93. The lowest BCUT2D eigenvalue weighted by Gasteiger charge is -2.12. The summed E-state index contributed by atoms with van der Waals surface area (Å²) in [6.07, 6.45) is 49.1. The van der Waals surface area contributed by atoms with Gasteiger partial charge in [-0.1, -0.05) is 172 Å². The maximum atomic E-state index is 5.25.